The number of hydrogen-bond donors (Lipinski definition) is 4. The molecule has 1 heterocycles. The molecular weight excluding hydrogens is 418 g/mol. The van der Waals surface area contributed by atoms with E-state index < -0.39 is 58.5 Å². The molecule has 0 aromatic heterocycles. The van der Waals surface area contributed by atoms with Crippen LogP contribution in [0.4, 0.5) is 22.7 Å². The van der Waals surface area contributed by atoms with E-state index in [1.807, 2.05) is 0 Å². The Morgan fingerprint density at radius 3 is 2.10 bits per heavy atom. The highest BCUT2D eigenvalue weighted by molar-refractivity contribution is 5.78. The summed E-state index contributed by atoms with van der Waals surface area (Å²) >= 11 is 0. The van der Waals surface area contributed by atoms with Crippen LogP contribution >= 0.6 is 0 Å². The maximum atomic E-state index is 12.0. The molecule has 0 amide bonds. The highest BCUT2D eigenvalue weighted by Crippen LogP contribution is 2.36. The topological polar surface area (TPSA) is 201 Å². The molecule has 1 aliphatic rings. The minimum absolute atomic E-state index is 0.103. The van der Waals surface area contributed by atoms with Gasteiger partial charge in [0.05, 0.1) is 16.5 Å². The number of para-hydroxylation sites is 1. The summed E-state index contributed by atoms with van der Waals surface area (Å²) in [6.45, 7) is -0.651. The quantitative estimate of drug-likeness (QED) is 0.330. The van der Waals surface area contributed by atoms with Gasteiger partial charge < -0.3 is 35.2 Å². The Morgan fingerprint density at radius 1 is 1.00 bits per heavy atom. The third-order valence-corrected chi connectivity index (χ3v) is 4.63. The number of benzene rings is 2. The first kappa shape index (κ1) is 22.3. The second kappa shape index (κ2) is 9.20. The van der Waals surface area contributed by atoms with Crippen molar-refractivity contribution < 1.29 is 39.7 Å². The molecule has 13 heteroatoms. The summed E-state index contributed by atoms with van der Waals surface area (Å²) in [5.74, 6) is 0.103. The summed E-state index contributed by atoms with van der Waals surface area (Å²) in [4.78, 5) is 20.9. The van der Waals surface area contributed by atoms with E-state index in [4.69, 9.17) is 14.6 Å². The number of anilines is 2. The molecule has 3 rings (SSSR count). The second-order valence-electron chi connectivity index (χ2n) is 6.62. The van der Waals surface area contributed by atoms with Gasteiger partial charge in [-0.3, -0.25) is 20.2 Å². The van der Waals surface area contributed by atoms with Gasteiger partial charge in [-0.25, -0.2) is 0 Å². The maximum absolute atomic E-state index is 12.0. The van der Waals surface area contributed by atoms with Crippen molar-refractivity contribution >= 4 is 22.7 Å². The van der Waals surface area contributed by atoms with Crippen LogP contribution in [0.25, 0.3) is 0 Å². The van der Waals surface area contributed by atoms with Crippen molar-refractivity contribution in [2.75, 3.05) is 11.9 Å². The number of aliphatic hydroxyl groups is 3. The van der Waals surface area contributed by atoms with Crippen LogP contribution < -0.4 is 15.2 Å². The fourth-order valence-corrected chi connectivity index (χ4v) is 3.06. The molecule has 0 spiro atoms. The van der Waals surface area contributed by atoms with Gasteiger partial charge in [-0.15, -0.1) is 0 Å². The molecular formula is C18H18N3O10-. The Hall–Kier alpha value is -3.36. The standard InChI is InChI=1S/C18H18N3O10/c22-8-13-15(23)16(24)17(18(25)31-13)30-10-6-4-9(5-7-10)19-14-11(20(26)27)2-1-3-12(14)21(28)29/h1-7,13,15-19,22-24H,8H2/q-1/t13-,15-,16+,17-,18+/m1/s1. The zero-order valence-corrected chi connectivity index (χ0v) is 15.7. The molecule has 0 aliphatic carbocycles. The van der Waals surface area contributed by atoms with Crippen molar-refractivity contribution in [1.82, 2.24) is 0 Å². The third kappa shape index (κ3) is 4.70. The van der Waals surface area contributed by atoms with Crippen LogP contribution in [0.3, 0.4) is 0 Å². The minimum Gasteiger partial charge on any atom is -0.828 e. The number of rotatable bonds is 7. The van der Waals surface area contributed by atoms with Crippen molar-refractivity contribution in [2.24, 2.45) is 0 Å². The van der Waals surface area contributed by atoms with Crippen molar-refractivity contribution in [3.63, 3.8) is 0 Å². The number of hydrogen-bond acceptors (Lipinski definition) is 11. The molecule has 13 nitrogen and oxygen atoms in total. The van der Waals surface area contributed by atoms with Crippen LogP contribution in [-0.2, 0) is 4.74 Å². The molecule has 1 saturated heterocycles. The average molecular weight is 436 g/mol. The van der Waals surface area contributed by atoms with E-state index in [1.165, 1.54) is 30.3 Å². The SMILES string of the molecule is O=[N+]([O-])c1cccc([N+](=O)[O-])c1Nc1ccc(O[C@@H]2[C@@H](O)[C@H](O)[C@@H](CO)O[C@@H]2[O-])cc1. The lowest BCUT2D eigenvalue weighted by Gasteiger charge is -2.45. The van der Waals surface area contributed by atoms with Gasteiger partial charge in [0.2, 0.25) is 0 Å². The summed E-state index contributed by atoms with van der Waals surface area (Å²) in [5.41, 5.74) is -1.03. The van der Waals surface area contributed by atoms with Crippen molar-refractivity contribution in [2.45, 2.75) is 30.7 Å². The summed E-state index contributed by atoms with van der Waals surface area (Å²) < 4.78 is 10.3. The lowest BCUT2D eigenvalue weighted by Crippen LogP contribution is -2.64. The first-order valence-corrected chi connectivity index (χ1v) is 8.96. The van der Waals surface area contributed by atoms with Crippen molar-refractivity contribution in [3.8, 4) is 5.75 Å². The normalized spacial score (nSPS) is 25.6. The lowest BCUT2D eigenvalue weighted by atomic mass is 9.99. The molecule has 0 saturated carbocycles. The third-order valence-electron chi connectivity index (χ3n) is 4.63. The van der Waals surface area contributed by atoms with E-state index >= 15 is 0 Å². The van der Waals surface area contributed by atoms with Gasteiger partial charge in [-0.05, 0) is 30.3 Å². The molecule has 1 aliphatic heterocycles. The molecule has 4 N–H and O–H groups in total. The maximum Gasteiger partial charge on any atom is 0.299 e. The molecule has 166 valence electrons. The van der Waals surface area contributed by atoms with E-state index in [0.717, 1.165) is 12.1 Å². The van der Waals surface area contributed by atoms with Crippen LogP contribution in [-0.4, -0.2) is 62.5 Å². The number of aliphatic hydroxyl groups excluding tert-OH is 3. The summed E-state index contributed by atoms with van der Waals surface area (Å²) in [6, 6.07) is 8.93. The van der Waals surface area contributed by atoms with Crippen molar-refractivity contribution in [3.05, 3.63) is 62.7 Å². The Labute approximate surface area is 174 Å². The van der Waals surface area contributed by atoms with Crippen molar-refractivity contribution in [1.29, 1.82) is 0 Å². The largest absolute Gasteiger partial charge is 0.828 e. The molecule has 0 unspecified atom stereocenters. The molecule has 0 bridgehead atoms. The van der Waals surface area contributed by atoms with Gasteiger partial charge >= 0.3 is 0 Å². The number of nitro benzene ring substituents is 2. The molecule has 5 atom stereocenters. The van der Waals surface area contributed by atoms with Gasteiger partial charge in [-0.1, -0.05) is 0 Å². The Balaban J connectivity index is 1.78. The smallest absolute Gasteiger partial charge is 0.299 e. The van der Waals surface area contributed by atoms with Crippen LogP contribution in [0.1, 0.15) is 0 Å². The number of nitrogens with zero attached hydrogens (tertiary/aromatic N) is 2. The predicted molar refractivity (Wildman–Crippen MR) is 102 cm³/mol. The van der Waals surface area contributed by atoms with E-state index in [0.29, 0.717) is 0 Å². The fraction of sp³-hybridized carbons (Fsp3) is 0.333. The average Bonchev–Trinajstić information content (AvgIpc) is 2.74. The second-order valence-corrected chi connectivity index (χ2v) is 6.62. The van der Waals surface area contributed by atoms with Crippen LogP contribution in [0, 0.1) is 20.2 Å². The Kier molecular flexibility index (Phi) is 6.62. The van der Waals surface area contributed by atoms with Gasteiger partial charge in [0, 0.05) is 24.1 Å². The van der Waals surface area contributed by atoms with E-state index in [-0.39, 0.29) is 17.1 Å². The molecule has 31 heavy (non-hydrogen) atoms. The van der Waals surface area contributed by atoms with E-state index in [2.05, 4.69) is 5.32 Å². The molecule has 2 aromatic carbocycles. The molecule has 2 aromatic rings. The summed E-state index contributed by atoms with van der Waals surface area (Å²) in [6.07, 6.45) is -7.71. The summed E-state index contributed by atoms with van der Waals surface area (Å²) in [5, 5.41) is 66.1. The fourth-order valence-electron chi connectivity index (χ4n) is 3.06. The highest BCUT2D eigenvalue weighted by Gasteiger charge is 2.41. The number of ether oxygens (including phenoxy) is 2. The Bertz CT molecular complexity index is 922. The Morgan fingerprint density at radius 2 is 1.58 bits per heavy atom. The van der Waals surface area contributed by atoms with Gasteiger partial charge in [-0.2, -0.15) is 0 Å². The first-order chi connectivity index (χ1) is 14.7. The van der Waals surface area contributed by atoms with Crippen LogP contribution in [0.2, 0.25) is 0 Å². The van der Waals surface area contributed by atoms with Crippen LogP contribution in [0.5, 0.6) is 5.75 Å². The first-order valence-electron chi connectivity index (χ1n) is 8.96. The van der Waals surface area contributed by atoms with Crippen LogP contribution in [0.15, 0.2) is 42.5 Å². The highest BCUT2D eigenvalue weighted by atomic mass is 16.7. The summed E-state index contributed by atoms with van der Waals surface area (Å²) in [7, 11) is 0. The van der Waals surface area contributed by atoms with E-state index in [1.54, 1.807) is 0 Å². The molecule has 1 fully saturated rings. The van der Waals surface area contributed by atoms with Gasteiger partial charge in [0.1, 0.15) is 30.2 Å². The van der Waals surface area contributed by atoms with E-state index in [9.17, 15) is 35.5 Å². The zero-order chi connectivity index (χ0) is 22.7. The lowest BCUT2D eigenvalue weighted by molar-refractivity contribution is -0.530. The molecule has 0 radical (unpaired) electrons. The number of nitrogens with one attached hydrogen (secondary N) is 1. The zero-order valence-electron chi connectivity index (χ0n) is 15.7. The monoisotopic (exact) mass is 436 g/mol. The van der Waals surface area contributed by atoms with Gasteiger partial charge in [0.25, 0.3) is 11.4 Å². The number of nitro groups is 2. The predicted octanol–water partition coefficient (Wildman–Crippen LogP) is -0.207. The minimum atomic E-state index is -1.87. The van der Waals surface area contributed by atoms with Gasteiger partial charge in [0.15, 0.2) is 5.69 Å².